The lowest BCUT2D eigenvalue weighted by atomic mass is 10.6. The van der Waals surface area contributed by atoms with E-state index in [1.165, 1.54) is 0 Å². The van der Waals surface area contributed by atoms with Crippen molar-refractivity contribution in [2.75, 3.05) is 0 Å². The third kappa shape index (κ3) is 0.707. The van der Waals surface area contributed by atoms with Gasteiger partial charge in [0.15, 0.2) is 0 Å². The van der Waals surface area contributed by atoms with Crippen molar-refractivity contribution < 1.29 is 0 Å². The molecule has 1 aromatic heterocycles. The van der Waals surface area contributed by atoms with Crippen molar-refractivity contribution in [1.82, 2.24) is 9.97 Å². The number of rotatable bonds is 0. The summed E-state index contributed by atoms with van der Waals surface area (Å²) in [5.74, 6) is 0. The molecule has 0 amide bonds. The van der Waals surface area contributed by atoms with Gasteiger partial charge >= 0.3 is 5.69 Å². The van der Waals surface area contributed by atoms with Crippen LogP contribution in [-0.4, -0.2) is 9.97 Å². The van der Waals surface area contributed by atoms with Gasteiger partial charge in [-0.25, -0.2) is 4.79 Å². The van der Waals surface area contributed by atoms with Crippen LogP contribution in [0.2, 0.25) is 0 Å². The predicted molar refractivity (Wildman–Crippen MR) is 26.2 cm³/mol. The topological polar surface area (TPSA) is 48.6 Å². The fourth-order valence-corrected chi connectivity index (χ4v) is 0.425. The van der Waals surface area contributed by atoms with Gasteiger partial charge in [0, 0.05) is 11.9 Å². The van der Waals surface area contributed by atoms with Crippen molar-refractivity contribution in [2.45, 2.75) is 6.92 Å². The molecule has 0 aliphatic carbocycles. The van der Waals surface area contributed by atoms with Crippen molar-refractivity contribution in [2.24, 2.45) is 0 Å². The van der Waals surface area contributed by atoms with Crippen LogP contribution in [0, 0.1) is 6.92 Å². The average Bonchev–Trinajstić information content (AvgIpc) is 1.87. The molecule has 0 fully saturated rings. The number of aromatic amines is 2. The molecule has 0 radical (unpaired) electrons. The first-order chi connectivity index (χ1) is 3.29. The van der Waals surface area contributed by atoms with Gasteiger partial charge in [0.2, 0.25) is 0 Å². The molecule has 0 saturated carbocycles. The van der Waals surface area contributed by atoms with Crippen LogP contribution < -0.4 is 5.69 Å². The Hall–Kier alpha value is -0.990. The standard InChI is InChI=1S/C4H6N2O/c1-3-2-5-4(7)6-3/h2H,1H3,(H2,5,6,7). The number of aryl methyl sites for hydroxylation is 1. The van der Waals surface area contributed by atoms with Gasteiger partial charge in [0.25, 0.3) is 0 Å². The molecule has 3 heteroatoms. The van der Waals surface area contributed by atoms with E-state index in [0.29, 0.717) is 0 Å². The summed E-state index contributed by atoms with van der Waals surface area (Å²) in [6.07, 6.45) is 1.63. The van der Waals surface area contributed by atoms with E-state index in [1.807, 2.05) is 6.92 Å². The van der Waals surface area contributed by atoms with Gasteiger partial charge in [-0.2, -0.15) is 0 Å². The second-order valence-corrected chi connectivity index (χ2v) is 1.43. The SMILES string of the molecule is Cc1c[nH]c(=O)[nH]1. The Balaban J connectivity index is 3.30. The summed E-state index contributed by atoms with van der Waals surface area (Å²) in [5, 5.41) is 0. The molecule has 1 heterocycles. The molecule has 0 aromatic carbocycles. The Bertz CT molecular complexity index is 197. The fraction of sp³-hybridized carbons (Fsp3) is 0.250. The molecule has 0 bridgehead atoms. The van der Waals surface area contributed by atoms with Crippen LogP contribution in [0.4, 0.5) is 0 Å². The van der Waals surface area contributed by atoms with Gasteiger partial charge in [0.1, 0.15) is 0 Å². The van der Waals surface area contributed by atoms with Crippen LogP contribution in [0.3, 0.4) is 0 Å². The number of nitrogens with one attached hydrogen (secondary N) is 2. The lowest BCUT2D eigenvalue weighted by Gasteiger charge is -1.67. The molecule has 0 unspecified atom stereocenters. The van der Waals surface area contributed by atoms with Crippen LogP contribution in [0.15, 0.2) is 11.0 Å². The van der Waals surface area contributed by atoms with Crippen LogP contribution in [0.25, 0.3) is 0 Å². The average molecular weight is 98.1 g/mol. The summed E-state index contributed by atoms with van der Waals surface area (Å²) in [6.45, 7) is 1.82. The maximum atomic E-state index is 10.2. The second-order valence-electron chi connectivity index (χ2n) is 1.43. The zero-order valence-electron chi connectivity index (χ0n) is 3.99. The van der Waals surface area contributed by atoms with Gasteiger partial charge < -0.3 is 9.97 Å². The summed E-state index contributed by atoms with van der Waals surface area (Å²) in [5.41, 5.74) is 0.725. The zero-order chi connectivity index (χ0) is 5.28. The van der Waals surface area contributed by atoms with Gasteiger partial charge in [0.05, 0.1) is 0 Å². The van der Waals surface area contributed by atoms with Crippen molar-refractivity contribution in [3.05, 3.63) is 22.4 Å². The molecular formula is C4H6N2O. The monoisotopic (exact) mass is 98.0 g/mol. The highest BCUT2D eigenvalue weighted by Gasteiger charge is 1.81. The van der Waals surface area contributed by atoms with Crippen LogP contribution in [-0.2, 0) is 0 Å². The third-order valence-corrected chi connectivity index (χ3v) is 0.730. The van der Waals surface area contributed by atoms with Gasteiger partial charge in [-0.3, -0.25) is 0 Å². The van der Waals surface area contributed by atoms with Crippen molar-refractivity contribution in [3.63, 3.8) is 0 Å². The van der Waals surface area contributed by atoms with E-state index in [0.717, 1.165) is 5.69 Å². The molecule has 0 aliphatic rings. The Labute approximate surface area is 40.4 Å². The molecule has 0 atom stereocenters. The van der Waals surface area contributed by atoms with E-state index in [1.54, 1.807) is 6.20 Å². The second kappa shape index (κ2) is 1.26. The van der Waals surface area contributed by atoms with Crippen LogP contribution >= 0.6 is 0 Å². The zero-order valence-corrected chi connectivity index (χ0v) is 3.99. The summed E-state index contributed by atoms with van der Waals surface area (Å²) >= 11 is 0. The molecule has 3 nitrogen and oxygen atoms in total. The molecule has 1 rings (SSSR count). The Morgan fingerprint density at radius 2 is 2.43 bits per heavy atom. The van der Waals surface area contributed by atoms with E-state index in [9.17, 15) is 4.79 Å². The molecule has 0 saturated heterocycles. The highest BCUT2D eigenvalue weighted by molar-refractivity contribution is 4.88. The Morgan fingerprint density at radius 1 is 1.71 bits per heavy atom. The molecule has 38 valence electrons. The van der Waals surface area contributed by atoms with Crippen molar-refractivity contribution in [3.8, 4) is 0 Å². The largest absolute Gasteiger partial charge is 0.323 e. The maximum Gasteiger partial charge on any atom is 0.323 e. The molecule has 0 spiro atoms. The quantitative estimate of drug-likeness (QED) is 0.472. The lowest BCUT2D eigenvalue weighted by Crippen LogP contribution is -1.99. The molecule has 7 heavy (non-hydrogen) atoms. The summed E-state index contributed by atoms with van der Waals surface area (Å²) in [4.78, 5) is 15.2. The maximum absolute atomic E-state index is 10.2. The minimum atomic E-state index is -0.141. The fourth-order valence-electron chi connectivity index (χ4n) is 0.425. The summed E-state index contributed by atoms with van der Waals surface area (Å²) in [7, 11) is 0. The van der Waals surface area contributed by atoms with E-state index in [4.69, 9.17) is 0 Å². The first-order valence-corrected chi connectivity index (χ1v) is 2.03. The van der Waals surface area contributed by atoms with Crippen LogP contribution in [0.1, 0.15) is 5.69 Å². The Morgan fingerprint density at radius 3 is 2.57 bits per heavy atom. The summed E-state index contributed by atoms with van der Waals surface area (Å²) in [6, 6.07) is 0. The van der Waals surface area contributed by atoms with Gasteiger partial charge in [-0.15, -0.1) is 0 Å². The number of hydrogen-bond donors (Lipinski definition) is 2. The minimum Gasteiger partial charge on any atom is -0.313 e. The molecule has 0 aliphatic heterocycles. The highest BCUT2D eigenvalue weighted by atomic mass is 16.1. The van der Waals surface area contributed by atoms with Gasteiger partial charge in [-0.05, 0) is 6.92 Å². The molecule has 2 N–H and O–H groups in total. The molecular weight excluding hydrogens is 92.1 g/mol. The number of aromatic nitrogens is 2. The van der Waals surface area contributed by atoms with Crippen molar-refractivity contribution >= 4 is 0 Å². The van der Waals surface area contributed by atoms with Gasteiger partial charge in [-0.1, -0.05) is 0 Å². The number of H-pyrrole nitrogens is 2. The summed E-state index contributed by atoms with van der Waals surface area (Å²) < 4.78 is 0. The third-order valence-electron chi connectivity index (χ3n) is 0.730. The lowest BCUT2D eigenvalue weighted by molar-refractivity contribution is 1.16. The first-order valence-electron chi connectivity index (χ1n) is 2.03. The van der Waals surface area contributed by atoms with E-state index in [-0.39, 0.29) is 5.69 Å². The van der Waals surface area contributed by atoms with E-state index < -0.39 is 0 Å². The van der Waals surface area contributed by atoms with Crippen molar-refractivity contribution in [1.29, 1.82) is 0 Å². The minimum absolute atomic E-state index is 0.141. The normalized spacial score (nSPS) is 9.29. The van der Waals surface area contributed by atoms with Crippen LogP contribution in [0.5, 0.6) is 0 Å². The number of hydrogen-bond acceptors (Lipinski definition) is 1. The number of imidazole rings is 1. The highest BCUT2D eigenvalue weighted by Crippen LogP contribution is 1.76. The Kier molecular flexibility index (Phi) is 0.749. The smallest absolute Gasteiger partial charge is 0.313 e. The predicted octanol–water partition coefficient (Wildman–Crippen LogP) is 0.0114. The molecule has 1 aromatic rings. The van der Waals surface area contributed by atoms with E-state index >= 15 is 0 Å². The van der Waals surface area contributed by atoms with E-state index in [2.05, 4.69) is 9.97 Å². The first kappa shape index (κ1) is 4.18.